The first-order valence-electron chi connectivity index (χ1n) is 5.46. The zero-order valence-electron chi connectivity index (χ0n) is 9.32. The van der Waals surface area contributed by atoms with Crippen LogP contribution in [0.1, 0.15) is 18.4 Å². The Morgan fingerprint density at radius 3 is 2.69 bits per heavy atom. The molecule has 0 heterocycles. The lowest BCUT2D eigenvalue weighted by molar-refractivity contribution is 0.154. The van der Waals surface area contributed by atoms with Crippen LogP contribution in [0.3, 0.4) is 0 Å². The highest BCUT2D eigenvalue weighted by Gasteiger charge is 1.94. The molecule has 0 saturated carbocycles. The van der Waals surface area contributed by atoms with E-state index in [1.54, 1.807) is 0 Å². The molecule has 0 saturated heterocycles. The Kier molecular flexibility index (Phi) is 6.03. The number of carbonyl (C=O) groups is 1. The fourth-order valence-corrected chi connectivity index (χ4v) is 1.35. The van der Waals surface area contributed by atoms with Gasteiger partial charge in [-0.3, -0.25) is 0 Å². The van der Waals surface area contributed by atoms with Gasteiger partial charge in [0.25, 0.3) is 0 Å². The van der Waals surface area contributed by atoms with Gasteiger partial charge in [0.2, 0.25) is 0 Å². The maximum Gasteiger partial charge on any atom is 0.404 e. The van der Waals surface area contributed by atoms with E-state index in [4.69, 9.17) is 5.73 Å². The molecule has 3 N–H and O–H groups in total. The Bertz CT molecular complexity index is 301. The number of nitrogens with one attached hydrogen (secondary N) is 1. The lowest BCUT2D eigenvalue weighted by Gasteiger charge is -2.04. The third-order valence-electron chi connectivity index (χ3n) is 2.16. The second kappa shape index (κ2) is 7.70. The maximum absolute atomic E-state index is 10.3. The zero-order valence-corrected chi connectivity index (χ0v) is 9.32. The highest BCUT2D eigenvalue weighted by atomic mass is 16.5. The van der Waals surface area contributed by atoms with Gasteiger partial charge < -0.3 is 15.8 Å². The number of carbonyl (C=O) groups excluding carboxylic acids is 1. The number of hydrogen-bond acceptors (Lipinski definition) is 3. The molecule has 0 atom stereocenters. The summed E-state index contributed by atoms with van der Waals surface area (Å²) in [4.78, 5) is 10.3. The molecule has 0 aliphatic heterocycles. The number of primary amides is 1. The van der Waals surface area contributed by atoms with Crippen molar-refractivity contribution in [3.05, 3.63) is 35.9 Å². The first-order valence-corrected chi connectivity index (χ1v) is 5.46. The largest absolute Gasteiger partial charge is 0.450 e. The number of ether oxygens (including phenoxy) is 1. The molecule has 1 rings (SSSR count). The van der Waals surface area contributed by atoms with Crippen molar-refractivity contribution >= 4 is 6.09 Å². The van der Waals surface area contributed by atoms with E-state index in [0.29, 0.717) is 6.61 Å². The molecule has 0 fully saturated rings. The summed E-state index contributed by atoms with van der Waals surface area (Å²) in [7, 11) is 0. The summed E-state index contributed by atoms with van der Waals surface area (Å²) < 4.78 is 4.62. The topological polar surface area (TPSA) is 64.4 Å². The van der Waals surface area contributed by atoms with E-state index < -0.39 is 6.09 Å². The van der Waals surface area contributed by atoms with Gasteiger partial charge in [0, 0.05) is 6.54 Å². The van der Waals surface area contributed by atoms with Crippen LogP contribution in [0.5, 0.6) is 0 Å². The second-order valence-corrected chi connectivity index (χ2v) is 3.54. The molecule has 0 aliphatic rings. The van der Waals surface area contributed by atoms with Crippen LogP contribution in [-0.2, 0) is 11.3 Å². The van der Waals surface area contributed by atoms with E-state index in [9.17, 15) is 4.79 Å². The molecule has 16 heavy (non-hydrogen) atoms. The van der Waals surface area contributed by atoms with E-state index >= 15 is 0 Å². The smallest absolute Gasteiger partial charge is 0.404 e. The second-order valence-electron chi connectivity index (χ2n) is 3.54. The molecule has 4 heteroatoms. The Morgan fingerprint density at radius 2 is 2.00 bits per heavy atom. The van der Waals surface area contributed by atoms with Gasteiger partial charge in [0.1, 0.15) is 0 Å². The summed E-state index contributed by atoms with van der Waals surface area (Å²) in [5.41, 5.74) is 6.11. The summed E-state index contributed by atoms with van der Waals surface area (Å²) >= 11 is 0. The van der Waals surface area contributed by atoms with Crippen LogP contribution in [0.2, 0.25) is 0 Å². The van der Waals surface area contributed by atoms with Crippen molar-refractivity contribution in [3.8, 4) is 0 Å². The molecule has 0 spiro atoms. The lowest BCUT2D eigenvalue weighted by Crippen LogP contribution is -2.17. The van der Waals surface area contributed by atoms with Crippen molar-refractivity contribution in [1.29, 1.82) is 0 Å². The molecule has 0 aromatic heterocycles. The molecule has 1 aromatic carbocycles. The third-order valence-corrected chi connectivity index (χ3v) is 2.16. The van der Waals surface area contributed by atoms with Crippen LogP contribution < -0.4 is 11.1 Å². The quantitative estimate of drug-likeness (QED) is 0.689. The summed E-state index contributed by atoms with van der Waals surface area (Å²) in [5.74, 6) is 0. The van der Waals surface area contributed by atoms with Crippen molar-refractivity contribution in [2.75, 3.05) is 13.2 Å². The highest BCUT2D eigenvalue weighted by Crippen LogP contribution is 1.97. The minimum atomic E-state index is -0.697. The van der Waals surface area contributed by atoms with E-state index in [-0.39, 0.29) is 0 Å². The lowest BCUT2D eigenvalue weighted by atomic mass is 10.2. The number of hydrogen-bond donors (Lipinski definition) is 2. The Labute approximate surface area is 95.8 Å². The monoisotopic (exact) mass is 222 g/mol. The SMILES string of the molecule is NC(=O)OCCCCNCc1ccccc1. The average Bonchev–Trinajstić information content (AvgIpc) is 2.29. The van der Waals surface area contributed by atoms with Crippen LogP contribution in [0.25, 0.3) is 0 Å². The fourth-order valence-electron chi connectivity index (χ4n) is 1.35. The molecular formula is C12H18N2O2. The fraction of sp³-hybridized carbons (Fsp3) is 0.417. The third kappa shape index (κ3) is 6.03. The van der Waals surface area contributed by atoms with Gasteiger partial charge in [-0.05, 0) is 24.9 Å². The highest BCUT2D eigenvalue weighted by molar-refractivity contribution is 5.64. The van der Waals surface area contributed by atoms with E-state index in [2.05, 4.69) is 22.2 Å². The van der Waals surface area contributed by atoms with Crippen molar-refractivity contribution in [1.82, 2.24) is 5.32 Å². The van der Waals surface area contributed by atoms with Crippen molar-refractivity contribution in [2.45, 2.75) is 19.4 Å². The Morgan fingerprint density at radius 1 is 1.25 bits per heavy atom. The summed E-state index contributed by atoms with van der Waals surface area (Å²) in [6, 6.07) is 10.2. The predicted octanol–water partition coefficient (Wildman–Crippen LogP) is 1.65. The first kappa shape index (κ1) is 12.5. The van der Waals surface area contributed by atoms with Gasteiger partial charge in [-0.15, -0.1) is 0 Å². The van der Waals surface area contributed by atoms with E-state index in [1.165, 1.54) is 5.56 Å². The van der Waals surface area contributed by atoms with Gasteiger partial charge in [0.15, 0.2) is 0 Å². The van der Waals surface area contributed by atoms with Gasteiger partial charge in [-0.1, -0.05) is 30.3 Å². The molecule has 0 aliphatic carbocycles. The van der Waals surface area contributed by atoms with Crippen molar-refractivity contribution in [3.63, 3.8) is 0 Å². The number of amides is 1. The number of benzene rings is 1. The van der Waals surface area contributed by atoms with Crippen LogP contribution in [0.15, 0.2) is 30.3 Å². The summed E-state index contributed by atoms with van der Waals surface area (Å²) in [6.45, 7) is 2.19. The predicted molar refractivity (Wildman–Crippen MR) is 62.9 cm³/mol. The molecule has 0 unspecified atom stereocenters. The van der Waals surface area contributed by atoms with Gasteiger partial charge in [-0.2, -0.15) is 0 Å². The van der Waals surface area contributed by atoms with Gasteiger partial charge >= 0.3 is 6.09 Å². The summed E-state index contributed by atoms with van der Waals surface area (Å²) in [6.07, 6.45) is 1.11. The van der Waals surface area contributed by atoms with E-state index in [1.807, 2.05) is 18.2 Å². The number of nitrogens with two attached hydrogens (primary N) is 1. The number of rotatable bonds is 7. The van der Waals surface area contributed by atoms with Crippen molar-refractivity contribution < 1.29 is 9.53 Å². The van der Waals surface area contributed by atoms with Gasteiger partial charge in [0.05, 0.1) is 6.61 Å². The first-order chi connectivity index (χ1) is 7.79. The van der Waals surface area contributed by atoms with Crippen LogP contribution in [0.4, 0.5) is 4.79 Å². The van der Waals surface area contributed by atoms with Gasteiger partial charge in [-0.25, -0.2) is 4.79 Å². The molecular weight excluding hydrogens is 204 g/mol. The zero-order chi connectivity index (χ0) is 11.6. The molecule has 1 aromatic rings. The number of unbranched alkanes of at least 4 members (excludes halogenated alkanes) is 1. The molecule has 88 valence electrons. The normalized spacial score (nSPS) is 10.0. The molecule has 0 radical (unpaired) electrons. The van der Waals surface area contributed by atoms with Crippen LogP contribution in [0, 0.1) is 0 Å². The van der Waals surface area contributed by atoms with Crippen LogP contribution in [-0.4, -0.2) is 19.2 Å². The molecule has 0 bridgehead atoms. The Hall–Kier alpha value is -1.55. The molecule has 4 nitrogen and oxygen atoms in total. The van der Waals surface area contributed by atoms with Crippen LogP contribution >= 0.6 is 0 Å². The minimum absolute atomic E-state index is 0.405. The summed E-state index contributed by atoms with van der Waals surface area (Å²) in [5, 5.41) is 3.32. The Balaban J connectivity index is 1.94. The maximum atomic E-state index is 10.3. The van der Waals surface area contributed by atoms with Crippen molar-refractivity contribution in [2.24, 2.45) is 5.73 Å². The average molecular weight is 222 g/mol. The molecule has 1 amide bonds. The van der Waals surface area contributed by atoms with E-state index in [0.717, 1.165) is 25.9 Å². The minimum Gasteiger partial charge on any atom is -0.450 e. The standard InChI is InChI=1S/C12H18N2O2/c13-12(15)16-9-5-4-8-14-10-11-6-2-1-3-7-11/h1-3,6-7,14H,4-5,8-10H2,(H2,13,15).